The molecule has 5 heteroatoms. The Labute approximate surface area is 148 Å². The predicted octanol–water partition coefficient (Wildman–Crippen LogP) is 4.06. The van der Waals surface area contributed by atoms with Gasteiger partial charge in [-0.3, -0.25) is 0 Å². The molecule has 1 atom stereocenters. The SMILES string of the molecule is COc1cc(Cl)c2c(c1OC)C(c1ccccc1)CNCC2.Cl. The Morgan fingerprint density at radius 3 is 2.52 bits per heavy atom. The van der Waals surface area contributed by atoms with Crippen LogP contribution in [0.15, 0.2) is 36.4 Å². The number of methoxy groups -OCH3 is 2. The molecule has 0 aromatic heterocycles. The molecule has 1 unspecified atom stereocenters. The van der Waals surface area contributed by atoms with Gasteiger partial charge >= 0.3 is 0 Å². The van der Waals surface area contributed by atoms with E-state index >= 15 is 0 Å². The van der Waals surface area contributed by atoms with E-state index in [4.69, 9.17) is 21.1 Å². The zero-order chi connectivity index (χ0) is 15.5. The number of benzene rings is 2. The molecule has 0 aliphatic carbocycles. The Kier molecular flexibility index (Phi) is 6.17. The molecular weight excluding hydrogens is 333 g/mol. The molecule has 3 rings (SSSR count). The van der Waals surface area contributed by atoms with Crippen molar-refractivity contribution in [2.24, 2.45) is 0 Å². The van der Waals surface area contributed by atoms with Crippen molar-refractivity contribution >= 4 is 24.0 Å². The molecule has 0 spiro atoms. The van der Waals surface area contributed by atoms with Gasteiger partial charge in [-0.05, 0) is 24.1 Å². The molecule has 23 heavy (non-hydrogen) atoms. The smallest absolute Gasteiger partial charge is 0.164 e. The van der Waals surface area contributed by atoms with Crippen molar-refractivity contribution in [2.45, 2.75) is 12.3 Å². The van der Waals surface area contributed by atoms with Crippen LogP contribution in [0, 0.1) is 0 Å². The van der Waals surface area contributed by atoms with E-state index in [0.29, 0.717) is 5.75 Å². The number of ether oxygens (including phenoxy) is 2. The van der Waals surface area contributed by atoms with Crippen LogP contribution in [0.2, 0.25) is 5.02 Å². The Morgan fingerprint density at radius 1 is 1.13 bits per heavy atom. The van der Waals surface area contributed by atoms with Gasteiger partial charge < -0.3 is 14.8 Å². The summed E-state index contributed by atoms with van der Waals surface area (Å²) in [5.41, 5.74) is 3.54. The van der Waals surface area contributed by atoms with Crippen LogP contribution in [0.3, 0.4) is 0 Å². The monoisotopic (exact) mass is 353 g/mol. The van der Waals surface area contributed by atoms with Gasteiger partial charge in [0, 0.05) is 29.1 Å². The van der Waals surface area contributed by atoms with E-state index in [9.17, 15) is 0 Å². The molecule has 1 heterocycles. The minimum absolute atomic E-state index is 0. The topological polar surface area (TPSA) is 30.5 Å². The van der Waals surface area contributed by atoms with Crippen LogP contribution in [0.5, 0.6) is 11.5 Å². The van der Waals surface area contributed by atoms with Crippen molar-refractivity contribution in [3.63, 3.8) is 0 Å². The van der Waals surface area contributed by atoms with Gasteiger partial charge in [-0.1, -0.05) is 41.9 Å². The number of nitrogens with one attached hydrogen (secondary N) is 1. The molecule has 0 radical (unpaired) electrons. The first-order valence-corrected chi connectivity index (χ1v) is 7.83. The molecule has 1 aliphatic heterocycles. The van der Waals surface area contributed by atoms with Crippen LogP contribution in [0.1, 0.15) is 22.6 Å². The maximum atomic E-state index is 6.52. The highest BCUT2D eigenvalue weighted by Crippen LogP contribution is 2.44. The average molecular weight is 354 g/mol. The van der Waals surface area contributed by atoms with Crippen LogP contribution < -0.4 is 14.8 Å². The summed E-state index contributed by atoms with van der Waals surface area (Å²) in [4.78, 5) is 0. The van der Waals surface area contributed by atoms with E-state index < -0.39 is 0 Å². The number of rotatable bonds is 3. The first kappa shape index (κ1) is 17.9. The number of hydrogen-bond acceptors (Lipinski definition) is 3. The van der Waals surface area contributed by atoms with Gasteiger partial charge in [0.2, 0.25) is 0 Å². The van der Waals surface area contributed by atoms with Crippen molar-refractivity contribution in [2.75, 3.05) is 27.3 Å². The lowest BCUT2D eigenvalue weighted by atomic mass is 9.87. The molecule has 0 saturated heterocycles. The van der Waals surface area contributed by atoms with Crippen molar-refractivity contribution in [3.8, 4) is 11.5 Å². The van der Waals surface area contributed by atoms with Crippen LogP contribution in [-0.4, -0.2) is 27.3 Å². The van der Waals surface area contributed by atoms with Gasteiger partial charge in [0.05, 0.1) is 14.2 Å². The predicted molar refractivity (Wildman–Crippen MR) is 96.7 cm³/mol. The summed E-state index contributed by atoms with van der Waals surface area (Å²) in [5.74, 6) is 1.68. The summed E-state index contributed by atoms with van der Waals surface area (Å²) in [7, 11) is 3.33. The van der Waals surface area contributed by atoms with E-state index in [1.807, 2.05) is 12.1 Å². The third-order valence-corrected chi connectivity index (χ3v) is 4.55. The molecule has 0 saturated carbocycles. The molecule has 0 bridgehead atoms. The average Bonchev–Trinajstić information content (AvgIpc) is 2.79. The van der Waals surface area contributed by atoms with E-state index in [-0.39, 0.29) is 18.3 Å². The van der Waals surface area contributed by atoms with Gasteiger partial charge in [-0.15, -0.1) is 12.4 Å². The molecule has 1 N–H and O–H groups in total. The lowest BCUT2D eigenvalue weighted by Crippen LogP contribution is -2.21. The minimum atomic E-state index is 0. The van der Waals surface area contributed by atoms with Gasteiger partial charge in [0.25, 0.3) is 0 Å². The quantitative estimate of drug-likeness (QED) is 0.902. The van der Waals surface area contributed by atoms with E-state index in [2.05, 4.69) is 29.6 Å². The molecular formula is C18H21Cl2NO2. The van der Waals surface area contributed by atoms with Gasteiger partial charge in [0.1, 0.15) is 0 Å². The second-order valence-electron chi connectivity index (χ2n) is 5.40. The Morgan fingerprint density at radius 2 is 1.87 bits per heavy atom. The highest BCUT2D eigenvalue weighted by Gasteiger charge is 2.28. The normalized spacial score (nSPS) is 16.7. The van der Waals surface area contributed by atoms with Gasteiger partial charge in [0.15, 0.2) is 11.5 Å². The molecule has 2 aromatic rings. The molecule has 2 aromatic carbocycles. The number of fused-ring (bicyclic) bond motifs is 1. The molecule has 124 valence electrons. The first-order valence-electron chi connectivity index (χ1n) is 7.45. The Bertz CT molecular complexity index is 662. The van der Waals surface area contributed by atoms with E-state index in [1.165, 1.54) is 5.56 Å². The number of hydrogen-bond donors (Lipinski definition) is 1. The summed E-state index contributed by atoms with van der Waals surface area (Å²) in [6.07, 6.45) is 0.887. The number of halogens is 2. The molecule has 3 nitrogen and oxygen atoms in total. The fourth-order valence-electron chi connectivity index (χ4n) is 3.18. The van der Waals surface area contributed by atoms with Crippen molar-refractivity contribution in [1.82, 2.24) is 5.32 Å². The first-order chi connectivity index (χ1) is 10.8. The highest BCUT2D eigenvalue weighted by atomic mass is 35.5. The fraction of sp³-hybridized carbons (Fsp3) is 0.333. The van der Waals surface area contributed by atoms with E-state index in [1.54, 1.807) is 14.2 Å². The second kappa shape index (κ2) is 7.91. The fourth-order valence-corrected chi connectivity index (χ4v) is 3.48. The highest BCUT2D eigenvalue weighted by molar-refractivity contribution is 6.31. The lowest BCUT2D eigenvalue weighted by molar-refractivity contribution is 0.350. The molecule has 0 amide bonds. The summed E-state index contributed by atoms with van der Waals surface area (Å²) in [6, 6.07) is 12.3. The minimum Gasteiger partial charge on any atom is -0.493 e. The van der Waals surface area contributed by atoms with Crippen LogP contribution >= 0.6 is 24.0 Å². The maximum absolute atomic E-state index is 6.52. The zero-order valence-corrected chi connectivity index (χ0v) is 14.8. The van der Waals surface area contributed by atoms with Crippen molar-refractivity contribution < 1.29 is 9.47 Å². The second-order valence-corrected chi connectivity index (χ2v) is 5.81. The summed E-state index contributed by atoms with van der Waals surface area (Å²) >= 11 is 6.52. The zero-order valence-electron chi connectivity index (χ0n) is 13.3. The van der Waals surface area contributed by atoms with Crippen molar-refractivity contribution in [3.05, 3.63) is 58.1 Å². The summed E-state index contributed by atoms with van der Waals surface area (Å²) in [6.45, 7) is 1.77. The van der Waals surface area contributed by atoms with Crippen LogP contribution in [-0.2, 0) is 6.42 Å². The van der Waals surface area contributed by atoms with E-state index in [0.717, 1.165) is 41.4 Å². The maximum Gasteiger partial charge on any atom is 0.164 e. The standard InChI is InChI=1S/C18H20ClNO2.ClH/c1-21-16-10-15(19)13-8-9-20-11-14(17(13)18(16)22-2)12-6-4-3-5-7-12;/h3-7,10,14,20H,8-9,11H2,1-2H3;1H. The van der Waals surface area contributed by atoms with Crippen LogP contribution in [0.4, 0.5) is 0 Å². The van der Waals surface area contributed by atoms with Crippen LogP contribution in [0.25, 0.3) is 0 Å². The Hall–Kier alpha value is -1.42. The summed E-state index contributed by atoms with van der Waals surface area (Å²) < 4.78 is 11.2. The van der Waals surface area contributed by atoms with Gasteiger partial charge in [-0.2, -0.15) is 0 Å². The third-order valence-electron chi connectivity index (χ3n) is 4.21. The van der Waals surface area contributed by atoms with Crippen molar-refractivity contribution in [1.29, 1.82) is 0 Å². The largest absolute Gasteiger partial charge is 0.493 e. The molecule has 1 aliphatic rings. The summed E-state index contributed by atoms with van der Waals surface area (Å²) in [5, 5.41) is 4.25. The Balaban J connectivity index is 0.00000192. The third kappa shape index (κ3) is 3.42. The molecule has 0 fully saturated rings. The lowest BCUT2D eigenvalue weighted by Gasteiger charge is -2.23. The van der Waals surface area contributed by atoms with Gasteiger partial charge in [-0.25, -0.2) is 0 Å².